The molecule has 0 aliphatic carbocycles. The summed E-state index contributed by atoms with van der Waals surface area (Å²) in [4.78, 5) is 20.5. The zero-order valence-electron chi connectivity index (χ0n) is 17.2. The van der Waals surface area contributed by atoms with Crippen LogP contribution >= 0.6 is 0 Å². The zero-order valence-corrected chi connectivity index (χ0v) is 17.2. The Labute approximate surface area is 199 Å². The first-order chi connectivity index (χ1) is 18.5. The molecule has 6 heterocycles. The van der Waals surface area contributed by atoms with Gasteiger partial charge in [-0.1, -0.05) is 0 Å². The molecule has 0 aromatic carbocycles. The molecule has 0 saturated carbocycles. The minimum absolute atomic E-state index is 0.310. The molecule has 0 bridgehead atoms. The van der Waals surface area contributed by atoms with Gasteiger partial charge in [0, 0.05) is 0 Å². The maximum atomic E-state index is 11.1. The Morgan fingerprint density at radius 2 is 0.684 bits per heavy atom. The fourth-order valence-electron chi connectivity index (χ4n) is 2.66. The highest BCUT2D eigenvalue weighted by Crippen LogP contribution is 2.39. The highest BCUT2D eigenvalue weighted by molar-refractivity contribution is 5.70. The maximum absolute atomic E-state index is 11.1. The molecule has 0 saturated heterocycles. The molecule has 0 N–H and O–H groups in total. The molecule has 190 valence electrons. The molecule has 0 radical (unpaired) electrons. The van der Waals surface area contributed by atoms with Gasteiger partial charge >= 0.3 is 11.6 Å². The van der Waals surface area contributed by atoms with Crippen molar-refractivity contribution < 1.29 is 47.1 Å². The summed E-state index contributed by atoms with van der Waals surface area (Å²) >= 11 is 0. The monoisotopic (exact) mass is 532 g/mol. The number of nitrogens with zero attached hydrogens (tertiary/aromatic N) is 14. The van der Waals surface area contributed by atoms with Gasteiger partial charge in [0.25, 0.3) is 23.5 Å². The quantitative estimate of drug-likeness (QED) is 0.179. The lowest BCUT2D eigenvalue weighted by Gasteiger charge is -2.00. The first-order valence-electron chi connectivity index (χ1n) is 9.12. The summed E-state index contributed by atoms with van der Waals surface area (Å²) in [6.45, 7) is 0. The van der Waals surface area contributed by atoms with Gasteiger partial charge in [-0.25, -0.2) is 18.5 Å². The second-order valence-electron chi connectivity index (χ2n) is 6.26. The van der Waals surface area contributed by atoms with Crippen molar-refractivity contribution in [3.8, 4) is 57.7 Å². The minimum Gasteiger partial charge on any atom is -0.410 e. The van der Waals surface area contributed by atoms with Gasteiger partial charge in [0.1, 0.15) is 0 Å². The molecule has 6 aromatic rings. The molecule has 0 amide bonds. The lowest BCUT2D eigenvalue weighted by molar-refractivity contribution is -0.390. The summed E-state index contributed by atoms with van der Waals surface area (Å²) in [6.07, 6.45) is 0. The average molecular weight is 532 g/mol. The van der Waals surface area contributed by atoms with Crippen LogP contribution in [0.5, 0.6) is 23.5 Å². The minimum atomic E-state index is -0.894. The molecule has 38 heavy (non-hydrogen) atoms. The number of nitro groups is 2. The molecule has 0 fully saturated rings. The van der Waals surface area contributed by atoms with E-state index in [-0.39, 0.29) is 22.8 Å². The molecule has 0 aliphatic rings. The smallest absolute Gasteiger partial charge is 0.410 e. The third-order valence-electron chi connectivity index (χ3n) is 4.18. The maximum Gasteiger partial charge on any atom is 0.444 e. The van der Waals surface area contributed by atoms with Gasteiger partial charge in [0.05, 0.1) is 0 Å². The van der Waals surface area contributed by atoms with Crippen LogP contribution in [0.1, 0.15) is 0 Å². The van der Waals surface area contributed by atoms with Crippen LogP contribution in [-0.2, 0) is 0 Å². The van der Waals surface area contributed by atoms with Crippen LogP contribution in [0.25, 0.3) is 34.2 Å². The summed E-state index contributed by atoms with van der Waals surface area (Å²) in [5.74, 6) is -3.52. The van der Waals surface area contributed by atoms with Gasteiger partial charge in [0.2, 0.25) is 34.2 Å². The molecule has 6 aromatic heterocycles. The first-order valence-corrected chi connectivity index (χ1v) is 9.12. The fraction of sp³-hybridized carbons (Fsp3) is 0. The predicted octanol–water partition coefficient (Wildman–Crippen LogP) is 0.387. The Balaban J connectivity index is 1.31. The Morgan fingerprint density at radius 1 is 0.421 bits per heavy atom. The van der Waals surface area contributed by atoms with E-state index in [1.54, 1.807) is 0 Å². The van der Waals surface area contributed by atoms with E-state index in [4.69, 9.17) is 9.47 Å². The molecule has 6 rings (SSSR count). The molecule has 26 heteroatoms. The number of aromatic nitrogens is 12. The van der Waals surface area contributed by atoms with Crippen LogP contribution in [0, 0.1) is 20.2 Å². The van der Waals surface area contributed by atoms with Crippen LogP contribution < -0.4 is 9.47 Å². The molecular formula is C12N14O12. The average Bonchev–Trinajstić information content (AvgIpc) is 3.73. The molecule has 0 atom stereocenters. The van der Waals surface area contributed by atoms with Gasteiger partial charge in [-0.15, -0.1) is 9.26 Å². The number of hydrogen-bond donors (Lipinski definition) is 0. The number of ether oxygens (including phenoxy) is 2. The highest BCUT2D eigenvalue weighted by atomic mass is 16.7. The molecule has 0 spiro atoms. The van der Waals surface area contributed by atoms with Crippen LogP contribution in [0.4, 0.5) is 11.6 Å². The van der Waals surface area contributed by atoms with Gasteiger partial charge in [-0.3, -0.25) is 0 Å². The van der Waals surface area contributed by atoms with E-state index in [1.807, 2.05) is 0 Å². The highest BCUT2D eigenvalue weighted by Gasteiger charge is 2.35. The van der Waals surface area contributed by atoms with E-state index in [2.05, 4.69) is 89.7 Å². The number of hydrogen-bond acceptors (Lipinski definition) is 24. The standard InChI is InChI=1S/C12N14O12/c27-25(28)7-1(13-33-19-7)3-9(21-35-15-3)31-11-5(17-37-23-11)6-12(24-38-18-6)32-10-4(16-36-22-10)2-8(26(29)30)20-34-14-2. The van der Waals surface area contributed by atoms with E-state index in [0.717, 1.165) is 0 Å². The Bertz CT molecular complexity index is 1640. The topological polar surface area (TPSA) is 338 Å². The largest absolute Gasteiger partial charge is 0.444 e. The Morgan fingerprint density at radius 3 is 1.00 bits per heavy atom. The van der Waals surface area contributed by atoms with Gasteiger partial charge in [0.15, 0.2) is 10.3 Å². The summed E-state index contributed by atoms with van der Waals surface area (Å²) in [7, 11) is 0. The Kier molecular flexibility index (Phi) is 4.85. The van der Waals surface area contributed by atoms with E-state index in [1.165, 1.54) is 0 Å². The summed E-state index contributed by atoms with van der Waals surface area (Å²) in [5, 5.41) is 63.4. The van der Waals surface area contributed by atoms with E-state index in [9.17, 15) is 20.2 Å². The van der Waals surface area contributed by atoms with Crippen LogP contribution in [0.15, 0.2) is 27.8 Å². The van der Waals surface area contributed by atoms with Gasteiger partial charge < -0.3 is 29.7 Å². The van der Waals surface area contributed by atoms with Gasteiger partial charge in [-0.05, 0) is 61.4 Å². The molecule has 0 aliphatic heterocycles. The third-order valence-corrected chi connectivity index (χ3v) is 4.18. The SMILES string of the molecule is O=[N+]([O-])c1nonc1-c1nonc1Oc1nonc1-c1nonc1Oc1nonc1-c1nonc1[N+](=O)[O-]. The second kappa shape index (κ2) is 8.47. The van der Waals surface area contributed by atoms with E-state index >= 15 is 0 Å². The van der Waals surface area contributed by atoms with Crippen molar-refractivity contribution in [1.82, 2.24) is 61.9 Å². The van der Waals surface area contributed by atoms with E-state index in [0.29, 0.717) is 0 Å². The van der Waals surface area contributed by atoms with Crippen molar-refractivity contribution in [2.75, 3.05) is 0 Å². The summed E-state index contributed by atoms with van der Waals surface area (Å²) in [5.41, 5.74) is -2.34. The van der Waals surface area contributed by atoms with Crippen molar-refractivity contribution in [2.45, 2.75) is 0 Å². The van der Waals surface area contributed by atoms with Crippen LogP contribution in [0.2, 0.25) is 0 Å². The van der Waals surface area contributed by atoms with Gasteiger partial charge in [-0.2, -0.15) is 0 Å². The summed E-state index contributed by atoms with van der Waals surface area (Å²) < 4.78 is 38.0. The van der Waals surface area contributed by atoms with Crippen molar-refractivity contribution in [3.05, 3.63) is 20.2 Å². The predicted molar refractivity (Wildman–Crippen MR) is 96.2 cm³/mol. The third kappa shape index (κ3) is 3.53. The lowest BCUT2D eigenvalue weighted by Crippen LogP contribution is -1.96. The van der Waals surface area contributed by atoms with Crippen LogP contribution in [-0.4, -0.2) is 71.7 Å². The van der Waals surface area contributed by atoms with Crippen molar-refractivity contribution in [3.63, 3.8) is 0 Å². The number of rotatable bonds is 9. The van der Waals surface area contributed by atoms with Crippen molar-refractivity contribution in [2.24, 2.45) is 0 Å². The molecular weight excluding hydrogens is 532 g/mol. The normalized spacial score (nSPS) is 11.1. The van der Waals surface area contributed by atoms with Crippen molar-refractivity contribution in [1.29, 1.82) is 0 Å². The fourth-order valence-corrected chi connectivity index (χ4v) is 2.66. The van der Waals surface area contributed by atoms with E-state index < -0.39 is 56.4 Å². The molecule has 26 nitrogen and oxygen atoms in total. The lowest BCUT2D eigenvalue weighted by atomic mass is 10.3. The second-order valence-corrected chi connectivity index (χ2v) is 6.26. The van der Waals surface area contributed by atoms with Crippen molar-refractivity contribution >= 4 is 11.6 Å². The zero-order chi connectivity index (χ0) is 26.2. The summed E-state index contributed by atoms with van der Waals surface area (Å²) in [6, 6.07) is 0. The molecule has 0 unspecified atom stereocenters. The Hall–Kier alpha value is -6.76. The first kappa shape index (κ1) is 21.8. The van der Waals surface area contributed by atoms with Crippen LogP contribution in [0.3, 0.4) is 0 Å².